The average Bonchev–Trinajstić information content (AvgIpc) is 2.67. The third kappa shape index (κ3) is 1.83. The Bertz CT molecular complexity index is 485. The summed E-state index contributed by atoms with van der Waals surface area (Å²) in [7, 11) is 1.86. The summed E-state index contributed by atoms with van der Waals surface area (Å²) >= 11 is 6.12. The highest BCUT2D eigenvalue weighted by atomic mass is 35.5. The molecule has 5 nitrogen and oxygen atoms in total. The van der Waals surface area contributed by atoms with Crippen molar-refractivity contribution in [1.82, 2.24) is 19.6 Å². The minimum absolute atomic E-state index is 0.577. The molecule has 0 radical (unpaired) electrons. The van der Waals surface area contributed by atoms with E-state index in [2.05, 4.69) is 10.2 Å². The first-order chi connectivity index (χ1) is 7.08. The van der Waals surface area contributed by atoms with Gasteiger partial charge in [-0.25, -0.2) is 0 Å². The molecule has 0 aromatic carbocycles. The van der Waals surface area contributed by atoms with E-state index in [0.717, 1.165) is 11.4 Å². The van der Waals surface area contributed by atoms with Crippen molar-refractivity contribution in [3.05, 3.63) is 28.8 Å². The first kappa shape index (κ1) is 10.0. The van der Waals surface area contributed by atoms with Crippen LogP contribution in [0, 0.1) is 6.92 Å². The van der Waals surface area contributed by atoms with E-state index in [1.54, 1.807) is 21.8 Å². The molecular weight excluding hydrogens is 214 g/mol. The molecule has 0 saturated carbocycles. The van der Waals surface area contributed by atoms with Gasteiger partial charge in [0, 0.05) is 13.2 Å². The molecule has 80 valence electrons. The summed E-state index contributed by atoms with van der Waals surface area (Å²) in [4.78, 5) is 0. The van der Waals surface area contributed by atoms with Crippen LogP contribution < -0.4 is 5.73 Å². The van der Waals surface area contributed by atoms with Crippen LogP contribution in [0.1, 0.15) is 11.4 Å². The highest BCUT2D eigenvalue weighted by molar-refractivity contribution is 6.31. The molecule has 2 N–H and O–H groups in total. The molecule has 0 bridgehead atoms. The number of aryl methyl sites for hydroxylation is 2. The summed E-state index contributed by atoms with van der Waals surface area (Å²) in [6.45, 7) is 2.46. The zero-order chi connectivity index (χ0) is 11.0. The SMILES string of the molecule is Cc1nn(C)c(Cn2cc(N)cn2)c1Cl. The minimum atomic E-state index is 0.577. The zero-order valence-electron chi connectivity index (χ0n) is 8.61. The Morgan fingerprint density at radius 2 is 2.27 bits per heavy atom. The topological polar surface area (TPSA) is 61.7 Å². The fraction of sp³-hybridized carbons (Fsp3) is 0.333. The van der Waals surface area contributed by atoms with Crippen LogP contribution in [0.3, 0.4) is 0 Å². The van der Waals surface area contributed by atoms with Crippen molar-refractivity contribution in [2.45, 2.75) is 13.5 Å². The Kier molecular flexibility index (Phi) is 2.40. The molecule has 0 aliphatic rings. The molecule has 15 heavy (non-hydrogen) atoms. The van der Waals surface area contributed by atoms with Gasteiger partial charge >= 0.3 is 0 Å². The van der Waals surface area contributed by atoms with Gasteiger partial charge in [0.1, 0.15) is 0 Å². The molecule has 2 rings (SSSR count). The molecule has 0 fully saturated rings. The van der Waals surface area contributed by atoms with Crippen molar-refractivity contribution >= 4 is 17.3 Å². The largest absolute Gasteiger partial charge is 0.396 e. The van der Waals surface area contributed by atoms with Crippen molar-refractivity contribution in [2.75, 3.05) is 5.73 Å². The lowest BCUT2D eigenvalue weighted by Gasteiger charge is -2.02. The van der Waals surface area contributed by atoms with E-state index in [4.69, 9.17) is 17.3 Å². The van der Waals surface area contributed by atoms with Crippen LogP contribution in [-0.2, 0) is 13.6 Å². The lowest BCUT2D eigenvalue weighted by atomic mass is 10.3. The number of nitrogens with zero attached hydrogens (tertiary/aromatic N) is 4. The van der Waals surface area contributed by atoms with Gasteiger partial charge < -0.3 is 5.73 Å². The Morgan fingerprint density at radius 1 is 1.53 bits per heavy atom. The fourth-order valence-electron chi connectivity index (χ4n) is 1.47. The third-order valence-electron chi connectivity index (χ3n) is 2.23. The molecule has 2 aromatic rings. The van der Waals surface area contributed by atoms with E-state index in [-0.39, 0.29) is 0 Å². The van der Waals surface area contributed by atoms with Gasteiger partial charge in [0.25, 0.3) is 0 Å². The Hall–Kier alpha value is -1.49. The van der Waals surface area contributed by atoms with Gasteiger partial charge in [-0.05, 0) is 6.92 Å². The summed E-state index contributed by atoms with van der Waals surface area (Å²) in [6.07, 6.45) is 3.37. The number of anilines is 1. The Morgan fingerprint density at radius 3 is 2.73 bits per heavy atom. The van der Waals surface area contributed by atoms with Crippen molar-refractivity contribution < 1.29 is 0 Å². The van der Waals surface area contributed by atoms with Crippen LogP contribution >= 0.6 is 11.6 Å². The standard InChI is InChI=1S/C9H12ClN5/c1-6-9(10)8(14(2)13-6)5-15-4-7(11)3-12-15/h3-4H,5,11H2,1-2H3. The monoisotopic (exact) mass is 225 g/mol. The second-order valence-corrected chi connectivity index (χ2v) is 3.82. The maximum Gasteiger partial charge on any atom is 0.0866 e. The highest BCUT2D eigenvalue weighted by Crippen LogP contribution is 2.20. The van der Waals surface area contributed by atoms with Crippen LogP contribution in [0.5, 0.6) is 0 Å². The lowest BCUT2D eigenvalue weighted by Crippen LogP contribution is -2.06. The molecule has 0 amide bonds. The van der Waals surface area contributed by atoms with E-state index in [9.17, 15) is 0 Å². The summed E-state index contributed by atoms with van der Waals surface area (Å²) in [5.41, 5.74) is 7.97. The number of rotatable bonds is 2. The normalized spacial score (nSPS) is 10.9. The molecule has 2 heterocycles. The van der Waals surface area contributed by atoms with Crippen LogP contribution in [-0.4, -0.2) is 19.6 Å². The number of hydrogen-bond donors (Lipinski definition) is 1. The molecule has 0 atom stereocenters. The number of nitrogens with two attached hydrogens (primary N) is 1. The highest BCUT2D eigenvalue weighted by Gasteiger charge is 2.11. The van der Waals surface area contributed by atoms with Crippen LogP contribution in [0.4, 0.5) is 5.69 Å². The maximum absolute atomic E-state index is 6.12. The van der Waals surface area contributed by atoms with Gasteiger partial charge in [-0.2, -0.15) is 10.2 Å². The minimum Gasteiger partial charge on any atom is -0.396 e. The molecule has 6 heteroatoms. The first-order valence-corrected chi connectivity index (χ1v) is 4.91. The summed E-state index contributed by atoms with van der Waals surface area (Å²) < 4.78 is 3.49. The van der Waals surface area contributed by atoms with Gasteiger partial charge in [0.15, 0.2) is 0 Å². The van der Waals surface area contributed by atoms with Crippen LogP contribution in [0.25, 0.3) is 0 Å². The number of halogens is 1. The summed E-state index contributed by atoms with van der Waals surface area (Å²) in [5.74, 6) is 0. The third-order valence-corrected chi connectivity index (χ3v) is 2.72. The molecule has 0 aliphatic heterocycles. The second-order valence-electron chi connectivity index (χ2n) is 3.44. The Balaban J connectivity index is 2.31. The fourth-order valence-corrected chi connectivity index (χ4v) is 1.69. The molecule has 0 aliphatic carbocycles. The summed E-state index contributed by atoms with van der Waals surface area (Å²) in [5, 5.41) is 9.01. The van der Waals surface area contributed by atoms with E-state index in [0.29, 0.717) is 17.3 Å². The van der Waals surface area contributed by atoms with Gasteiger partial charge in [0.05, 0.1) is 34.8 Å². The van der Waals surface area contributed by atoms with Crippen molar-refractivity contribution in [1.29, 1.82) is 0 Å². The Labute approximate surface area is 92.4 Å². The maximum atomic E-state index is 6.12. The number of hydrogen-bond acceptors (Lipinski definition) is 3. The predicted molar refractivity (Wildman–Crippen MR) is 58.7 cm³/mol. The average molecular weight is 226 g/mol. The second kappa shape index (κ2) is 3.58. The van der Waals surface area contributed by atoms with Crippen LogP contribution in [0.15, 0.2) is 12.4 Å². The van der Waals surface area contributed by atoms with E-state index >= 15 is 0 Å². The van der Waals surface area contributed by atoms with Gasteiger partial charge in [-0.3, -0.25) is 9.36 Å². The quantitative estimate of drug-likeness (QED) is 0.836. The predicted octanol–water partition coefficient (Wildman–Crippen LogP) is 1.21. The zero-order valence-corrected chi connectivity index (χ0v) is 9.36. The van der Waals surface area contributed by atoms with Gasteiger partial charge in [-0.15, -0.1) is 0 Å². The van der Waals surface area contributed by atoms with E-state index in [1.165, 1.54) is 0 Å². The lowest BCUT2D eigenvalue weighted by molar-refractivity contribution is 0.619. The van der Waals surface area contributed by atoms with E-state index < -0.39 is 0 Å². The van der Waals surface area contributed by atoms with Crippen molar-refractivity contribution in [3.63, 3.8) is 0 Å². The summed E-state index contributed by atoms with van der Waals surface area (Å²) in [6, 6.07) is 0. The van der Waals surface area contributed by atoms with Crippen LogP contribution in [0.2, 0.25) is 5.02 Å². The van der Waals surface area contributed by atoms with Crippen molar-refractivity contribution in [2.24, 2.45) is 7.05 Å². The van der Waals surface area contributed by atoms with Gasteiger partial charge in [-0.1, -0.05) is 11.6 Å². The molecular formula is C9H12ClN5. The van der Waals surface area contributed by atoms with Crippen molar-refractivity contribution in [3.8, 4) is 0 Å². The number of aromatic nitrogens is 4. The van der Waals surface area contributed by atoms with Gasteiger partial charge in [0.2, 0.25) is 0 Å². The molecule has 0 spiro atoms. The molecule has 0 unspecified atom stereocenters. The molecule has 2 aromatic heterocycles. The number of nitrogen functional groups attached to an aromatic ring is 1. The first-order valence-electron chi connectivity index (χ1n) is 4.54. The van der Waals surface area contributed by atoms with E-state index in [1.807, 2.05) is 14.0 Å². The smallest absolute Gasteiger partial charge is 0.0866 e. The molecule has 0 saturated heterocycles.